The van der Waals surface area contributed by atoms with E-state index in [1.54, 1.807) is 0 Å². The number of hydrogen-bond donors (Lipinski definition) is 0. The lowest BCUT2D eigenvalue weighted by Crippen LogP contribution is -1.99. The fourth-order valence-electron chi connectivity index (χ4n) is 1.63. The van der Waals surface area contributed by atoms with E-state index in [0.29, 0.717) is 5.88 Å². The molecule has 70 valence electrons. The van der Waals surface area contributed by atoms with Crippen LogP contribution in [0.2, 0.25) is 0 Å². The highest BCUT2D eigenvalue weighted by Gasteiger charge is 2.08. The Morgan fingerprint density at radius 2 is 1.92 bits per heavy atom. The van der Waals surface area contributed by atoms with Gasteiger partial charge in [0.25, 0.3) is 0 Å². The zero-order chi connectivity index (χ0) is 10.0. The molecule has 0 atom stereocenters. The minimum absolute atomic E-state index is 0.471. The molecule has 1 aromatic rings. The number of benzene rings is 1. The van der Waals surface area contributed by atoms with Gasteiger partial charge in [0.05, 0.1) is 0 Å². The Bertz CT molecular complexity index is 342. The normalized spacial score (nSPS) is 10.2. The van der Waals surface area contributed by atoms with Crippen LogP contribution in [0.4, 0.5) is 0 Å². The summed E-state index contributed by atoms with van der Waals surface area (Å²) in [6.45, 7) is 5.91. The van der Waals surface area contributed by atoms with Crippen molar-refractivity contribution < 1.29 is 4.79 Å². The summed E-state index contributed by atoms with van der Waals surface area (Å²) in [6, 6.07) is 2.01. The van der Waals surface area contributed by atoms with E-state index in [-0.39, 0.29) is 0 Å². The fourth-order valence-corrected chi connectivity index (χ4v) is 2.04. The minimum Gasteiger partial charge on any atom is -0.298 e. The van der Waals surface area contributed by atoms with Crippen LogP contribution in [0.5, 0.6) is 0 Å². The molecule has 0 spiro atoms. The minimum atomic E-state index is 0.471. The van der Waals surface area contributed by atoms with Gasteiger partial charge in [-0.05, 0) is 43.0 Å². The standard InChI is InChI=1S/C11H13ClO/c1-7-4-8(2)11(6-13)9(3)10(7)5-12/h4,6H,5H2,1-3H3. The molecule has 0 saturated heterocycles. The number of halogens is 1. The second kappa shape index (κ2) is 3.93. The predicted molar refractivity (Wildman–Crippen MR) is 55.6 cm³/mol. The van der Waals surface area contributed by atoms with Crippen LogP contribution < -0.4 is 0 Å². The van der Waals surface area contributed by atoms with Gasteiger partial charge in [0, 0.05) is 11.4 Å². The average molecular weight is 197 g/mol. The molecule has 0 unspecified atom stereocenters. The molecule has 0 aliphatic heterocycles. The smallest absolute Gasteiger partial charge is 0.150 e. The van der Waals surface area contributed by atoms with Crippen molar-refractivity contribution in [2.24, 2.45) is 0 Å². The van der Waals surface area contributed by atoms with Gasteiger partial charge in [0.1, 0.15) is 0 Å². The molecule has 0 N–H and O–H groups in total. The van der Waals surface area contributed by atoms with Crippen LogP contribution in [0.3, 0.4) is 0 Å². The van der Waals surface area contributed by atoms with Crippen molar-refractivity contribution in [2.45, 2.75) is 26.7 Å². The van der Waals surface area contributed by atoms with E-state index in [4.69, 9.17) is 11.6 Å². The van der Waals surface area contributed by atoms with E-state index in [0.717, 1.165) is 34.1 Å². The first kappa shape index (κ1) is 10.3. The number of alkyl halides is 1. The molecule has 0 amide bonds. The van der Waals surface area contributed by atoms with Crippen LogP contribution in [0.15, 0.2) is 6.07 Å². The highest BCUT2D eigenvalue weighted by atomic mass is 35.5. The first-order chi connectivity index (χ1) is 6.11. The lowest BCUT2D eigenvalue weighted by Gasteiger charge is -2.11. The molecule has 2 heteroatoms. The number of aldehydes is 1. The molecule has 1 rings (SSSR count). The van der Waals surface area contributed by atoms with Crippen molar-refractivity contribution >= 4 is 17.9 Å². The fraction of sp³-hybridized carbons (Fsp3) is 0.364. The van der Waals surface area contributed by atoms with Gasteiger partial charge >= 0.3 is 0 Å². The number of aryl methyl sites for hydroxylation is 2. The molecule has 1 aromatic carbocycles. The summed E-state index contributed by atoms with van der Waals surface area (Å²) < 4.78 is 0. The molecule has 13 heavy (non-hydrogen) atoms. The van der Waals surface area contributed by atoms with E-state index in [2.05, 4.69) is 0 Å². The van der Waals surface area contributed by atoms with Gasteiger partial charge in [-0.3, -0.25) is 4.79 Å². The molecule has 0 aliphatic carbocycles. The van der Waals surface area contributed by atoms with Crippen LogP contribution in [-0.2, 0) is 5.88 Å². The summed E-state index contributed by atoms with van der Waals surface area (Å²) in [7, 11) is 0. The molecule has 0 aliphatic rings. The topological polar surface area (TPSA) is 17.1 Å². The van der Waals surface area contributed by atoms with E-state index < -0.39 is 0 Å². The number of hydrogen-bond acceptors (Lipinski definition) is 1. The zero-order valence-corrected chi connectivity index (χ0v) is 8.90. The van der Waals surface area contributed by atoms with Crippen molar-refractivity contribution in [3.63, 3.8) is 0 Å². The van der Waals surface area contributed by atoms with Crippen molar-refractivity contribution in [3.8, 4) is 0 Å². The van der Waals surface area contributed by atoms with Gasteiger partial charge in [-0.25, -0.2) is 0 Å². The number of carbonyl (C=O) groups excluding carboxylic acids is 1. The van der Waals surface area contributed by atoms with Gasteiger partial charge in [-0.1, -0.05) is 6.07 Å². The van der Waals surface area contributed by atoms with Crippen LogP contribution in [0.1, 0.15) is 32.6 Å². The van der Waals surface area contributed by atoms with E-state index >= 15 is 0 Å². The van der Waals surface area contributed by atoms with Gasteiger partial charge in [0.15, 0.2) is 6.29 Å². The predicted octanol–water partition coefficient (Wildman–Crippen LogP) is 3.16. The molecule has 0 fully saturated rings. The lowest BCUT2D eigenvalue weighted by atomic mass is 9.95. The molecular weight excluding hydrogens is 184 g/mol. The first-order valence-corrected chi connectivity index (χ1v) is 4.76. The van der Waals surface area contributed by atoms with Crippen LogP contribution >= 0.6 is 11.6 Å². The third-order valence-electron chi connectivity index (χ3n) is 2.44. The summed E-state index contributed by atoms with van der Waals surface area (Å²) in [4.78, 5) is 10.8. The quantitative estimate of drug-likeness (QED) is 0.525. The van der Waals surface area contributed by atoms with Crippen LogP contribution in [0, 0.1) is 20.8 Å². The van der Waals surface area contributed by atoms with Crippen molar-refractivity contribution in [2.75, 3.05) is 0 Å². The van der Waals surface area contributed by atoms with Crippen LogP contribution in [-0.4, -0.2) is 6.29 Å². The monoisotopic (exact) mass is 196 g/mol. The van der Waals surface area contributed by atoms with Crippen LogP contribution in [0.25, 0.3) is 0 Å². The number of rotatable bonds is 2. The molecule has 0 saturated carbocycles. The molecule has 0 aromatic heterocycles. The molecule has 0 radical (unpaired) electrons. The van der Waals surface area contributed by atoms with Gasteiger partial charge in [-0.2, -0.15) is 0 Å². The average Bonchev–Trinajstić information content (AvgIpc) is 2.04. The maximum absolute atomic E-state index is 10.8. The van der Waals surface area contributed by atoms with Gasteiger partial charge in [-0.15, -0.1) is 11.6 Å². The summed E-state index contributed by atoms with van der Waals surface area (Å²) in [5.41, 5.74) is 5.06. The summed E-state index contributed by atoms with van der Waals surface area (Å²) in [5, 5.41) is 0. The Hall–Kier alpha value is -0.820. The summed E-state index contributed by atoms with van der Waals surface area (Å²) in [5.74, 6) is 0.471. The second-order valence-electron chi connectivity index (χ2n) is 3.28. The maximum atomic E-state index is 10.8. The highest BCUT2D eigenvalue weighted by Crippen LogP contribution is 2.22. The van der Waals surface area contributed by atoms with E-state index in [1.165, 1.54) is 0 Å². The Morgan fingerprint density at radius 3 is 2.38 bits per heavy atom. The zero-order valence-electron chi connectivity index (χ0n) is 8.15. The van der Waals surface area contributed by atoms with Crippen molar-refractivity contribution in [3.05, 3.63) is 33.9 Å². The second-order valence-corrected chi connectivity index (χ2v) is 3.55. The Morgan fingerprint density at radius 1 is 1.31 bits per heavy atom. The van der Waals surface area contributed by atoms with Gasteiger partial charge in [0.2, 0.25) is 0 Å². The largest absolute Gasteiger partial charge is 0.298 e. The molecule has 0 bridgehead atoms. The maximum Gasteiger partial charge on any atom is 0.150 e. The third-order valence-corrected chi connectivity index (χ3v) is 2.71. The van der Waals surface area contributed by atoms with Crippen molar-refractivity contribution in [1.82, 2.24) is 0 Å². The first-order valence-electron chi connectivity index (χ1n) is 4.22. The van der Waals surface area contributed by atoms with Crippen molar-refractivity contribution in [1.29, 1.82) is 0 Å². The van der Waals surface area contributed by atoms with E-state index in [1.807, 2.05) is 26.8 Å². The Kier molecular flexibility index (Phi) is 3.10. The molecule has 0 heterocycles. The summed E-state index contributed by atoms with van der Waals surface area (Å²) in [6.07, 6.45) is 0.903. The Balaban J connectivity index is 3.47. The molecular formula is C11H13ClO. The van der Waals surface area contributed by atoms with Gasteiger partial charge < -0.3 is 0 Å². The SMILES string of the molecule is Cc1cc(C)c(CCl)c(C)c1C=O. The molecule has 1 nitrogen and oxygen atoms in total. The third kappa shape index (κ3) is 1.75. The Labute approximate surface area is 83.7 Å². The summed E-state index contributed by atoms with van der Waals surface area (Å²) >= 11 is 5.80. The van der Waals surface area contributed by atoms with E-state index in [9.17, 15) is 4.79 Å². The highest BCUT2D eigenvalue weighted by molar-refractivity contribution is 6.17. The lowest BCUT2D eigenvalue weighted by molar-refractivity contribution is 0.112. The number of carbonyl (C=O) groups is 1.